The Balaban J connectivity index is 1.77. The molecule has 1 saturated heterocycles. The van der Waals surface area contributed by atoms with Crippen LogP contribution < -0.4 is 10.9 Å². The number of hydrogen-bond donors (Lipinski definition) is 1. The molecule has 1 aromatic heterocycles. The maximum Gasteiger partial charge on any atom is 0.250 e. The lowest BCUT2D eigenvalue weighted by molar-refractivity contribution is -0.119. The van der Waals surface area contributed by atoms with Crippen LogP contribution in [-0.2, 0) is 21.2 Å². The fourth-order valence-electron chi connectivity index (χ4n) is 2.79. The summed E-state index contributed by atoms with van der Waals surface area (Å²) in [6.07, 6.45) is 1.86. The third-order valence-corrected chi connectivity index (χ3v) is 6.29. The number of nitrogens with one attached hydrogen (secondary N) is 1. The molecular weight excluding hydrogens is 364 g/mol. The second-order valence-corrected chi connectivity index (χ2v) is 8.70. The van der Waals surface area contributed by atoms with Crippen molar-refractivity contribution in [2.45, 2.75) is 13.0 Å². The molecule has 0 saturated carbocycles. The van der Waals surface area contributed by atoms with Crippen molar-refractivity contribution in [1.82, 2.24) is 4.57 Å². The Labute approximate surface area is 150 Å². The summed E-state index contributed by atoms with van der Waals surface area (Å²) in [5, 5.41) is 3.25. The summed E-state index contributed by atoms with van der Waals surface area (Å²) in [6.45, 7) is 0.278. The van der Waals surface area contributed by atoms with Crippen LogP contribution in [0, 0.1) is 5.92 Å². The van der Waals surface area contributed by atoms with Gasteiger partial charge in [-0.15, -0.1) is 0 Å². The minimum absolute atomic E-state index is 0.0388. The highest BCUT2D eigenvalue weighted by atomic mass is 35.5. The van der Waals surface area contributed by atoms with Crippen molar-refractivity contribution in [3.63, 3.8) is 0 Å². The second-order valence-electron chi connectivity index (χ2n) is 6.06. The fraction of sp³-hybridized carbons (Fsp3) is 0.294. The Hall–Kier alpha value is -2.12. The van der Waals surface area contributed by atoms with E-state index in [-0.39, 0.29) is 29.5 Å². The zero-order valence-corrected chi connectivity index (χ0v) is 14.9. The van der Waals surface area contributed by atoms with E-state index < -0.39 is 15.8 Å². The summed E-state index contributed by atoms with van der Waals surface area (Å²) >= 11 is 6.12. The molecule has 3 rings (SSSR count). The maximum absolute atomic E-state index is 12.2. The van der Waals surface area contributed by atoms with Gasteiger partial charge in [0.15, 0.2) is 9.84 Å². The average Bonchev–Trinajstić information content (AvgIpc) is 2.93. The number of nitrogens with zero attached hydrogens (tertiary/aromatic N) is 1. The van der Waals surface area contributed by atoms with E-state index in [1.807, 2.05) is 12.1 Å². The molecule has 8 heteroatoms. The smallest absolute Gasteiger partial charge is 0.250 e. The summed E-state index contributed by atoms with van der Waals surface area (Å²) in [6, 6.07) is 10.1. The molecule has 1 fully saturated rings. The Bertz CT molecular complexity index is 969. The highest BCUT2D eigenvalue weighted by Gasteiger charge is 2.32. The molecule has 6 nitrogen and oxygen atoms in total. The SMILES string of the molecule is O=C(Nc1ccc(=O)n(Cc2ccccc2Cl)c1)C1CCS(=O)(=O)C1. The number of anilines is 1. The van der Waals surface area contributed by atoms with Crippen molar-refractivity contribution in [3.05, 3.63) is 63.5 Å². The first-order chi connectivity index (χ1) is 11.8. The van der Waals surface area contributed by atoms with Crippen LogP contribution in [0.4, 0.5) is 5.69 Å². The molecule has 0 bridgehead atoms. The van der Waals surface area contributed by atoms with Crippen molar-refractivity contribution >= 4 is 33.0 Å². The van der Waals surface area contributed by atoms with E-state index in [0.717, 1.165) is 5.56 Å². The van der Waals surface area contributed by atoms with Gasteiger partial charge in [0.2, 0.25) is 5.91 Å². The number of carbonyl (C=O) groups is 1. The average molecular weight is 381 g/mol. The van der Waals surface area contributed by atoms with Gasteiger partial charge in [-0.1, -0.05) is 29.8 Å². The van der Waals surface area contributed by atoms with Gasteiger partial charge < -0.3 is 9.88 Å². The zero-order valence-electron chi connectivity index (χ0n) is 13.3. The lowest BCUT2D eigenvalue weighted by Crippen LogP contribution is -2.25. The van der Waals surface area contributed by atoms with Crippen LogP contribution in [0.25, 0.3) is 0 Å². The third kappa shape index (κ3) is 4.29. The minimum atomic E-state index is -3.12. The summed E-state index contributed by atoms with van der Waals surface area (Å²) in [4.78, 5) is 24.3. The maximum atomic E-state index is 12.2. The molecule has 1 atom stereocenters. The monoisotopic (exact) mass is 380 g/mol. The van der Waals surface area contributed by atoms with Crippen LogP contribution in [0.5, 0.6) is 0 Å². The van der Waals surface area contributed by atoms with Crippen molar-refractivity contribution in [1.29, 1.82) is 0 Å². The molecule has 1 unspecified atom stereocenters. The summed E-state index contributed by atoms with van der Waals surface area (Å²) in [5.41, 5.74) is 1.01. The molecule has 0 radical (unpaired) electrons. The van der Waals surface area contributed by atoms with Gasteiger partial charge in [-0.25, -0.2) is 8.42 Å². The predicted molar refractivity (Wildman–Crippen MR) is 96.6 cm³/mol. The molecule has 1 aliphatic rings. The number of benzene rings is 1. The van der Waals surface area contributed by atoms with Crippen LogP contribution in [0.2, 0.25) is 5.02 Å². The molecule has 0 spiro atoms. The van der Waals surface area contributed by atoms with Crippen LogP contribution in [0.3, 0.4) is 0 Å². The lowest BCUT2D eigenvalue weighted by atomic mass is 10.1. The number of hydrogen-bond acceptors (Lipinski definition) is 4. The molecule has 1 aliphatic heterocycles. The van der Waals surface area contributed by atoms with Crippen molar-refractivity contribution < 1.29 is 13.2 Å². The molecule has 1 aromatic carbocycles. The molecular formula is C17H17ClN2O4S. The molecule has 1 N–H and O–H groups in total. The number of amides is 1. The number of pyridine rings is 1. The van der Waals surface area contributed by atoms with Crippen LogP contribution in [-0.4, -0.2) is 30.4 Å². The predicted octanol–water partition coefficient (Wildman–Crippen LogP) is 1.92. The highest BCUT2D eigenvalue weighted by Crippen LogP contribution is 2.20. The Morgan fingerprint density at radius 3 is 2.68 bits per heavy atom. The van der Waals surface area contributed by atoms with Gasteiger partial charge in [0.1, 0.15) is 0 Å². The number of halogens is 1. The largest absolute Gasteiger partial charge is 0.325 e. The Morgan fingerprint density at radius 2 is 2.00 bits per heavy atom. The normalized spacial score (nSPS) is 18.8. The topological polar surface area (TPSA) is 85.2 Å². The van der Waals surface area contributed by atoms with Gasteiger partial charge >= 0.3 is 0 Å². The Morgan fingerprint density at radius 1 is 1.24 bits per heavy atom. The minimum Gasteiger partial charge on any atom is -0.325 e. The van der Waals surface area contributed by atoms with Crippen molar-refractivity contribution in [2.75, 3.05) is 16.8 Å². The first kappa shape index (κ1) is 17.7. The van der Waals surface area contributed by atoms with E-state index in [9.17, 15) is 18.0 Å². The van der Waals surface area contributed by atoms with Gasteiger partial charge in [0.05, 0.1) is 29.7 Å². The van der Waals surface area contributed by atoms with Gasteiger partial charge in [-0.05, 0) is 24.1 Å². The number of aromatic nitrogens is 1. The first-order valence-corrected chi connectivity index (χ1v) is 9.99. The summed E-state index contributed by atoms with van der Waals surface area (Å²) in [7, 11) is -3.12. The van der Waals surface area contributed by atoms with Crippen molar-refractivity contribution in [2.24, 2.45) is 5.92 Å². The molecule has 0 aliphatic carbocycles. The van der Waals surface area contributed by atoms with Crippen LogP contribution >= 0.6 is 11.6 Å². The van der Waals surface area contributed by atoms with E-state index in [2.05, 4.69) is 5.32 Å². The van der Waals surface area contributed by atoms with E-state index in [0.29, 0.717) is 17.1 Å². The molecule has 1 amide bonds. The van der Waals surface area contributed by atoms with Gasteiger partial charge in [-0.3, -0.25) is 9.59 Å². The van der Waals surface area contributed by atoms with E-state index in [1.165, 1.54) is 22.9 Å². The van der Waals surface area contributed by atoms with E-state index in [4.69, 9.17) is 11.6 Å². The number of sulfone groups is 1. The number of carbonyl (C=O) groups excluding carboxylic acids is 1. The molecule has 2 heterocycles. The van der Waals surface area contributed by atoms with Gasteiger partial charge in [0.25, 0.3) is 5.56 Å². The van der Waals surface area contributed by atoms with Gasteiger partial charge in [0, 0.05) is 17.3 Å². The fourth-order valence-corrected chi connectivity index (χ4v) is 4.72. The zero-order chi connectivity index (χ0) is 18.0. The van der Waals surface area contributed by atoms with Gasteiger partial charge in [-0.2, -0.15) is 0 Å². The highest BCUT2D eigenvalue weighted by molar-refractivity contribution is 7.91. The van der Waals surface area contributed by atoms with Crippen LogP contribution in [0.1, 0.15) is 12.0 Å². The Kier molecular flexibility index (Phi) is 4.96. The molecule has 2 aromatic rings. The quantitative estimate of drug-likeness (QED) is 0.878. The summed E-state index contributed by atoms with van der Waals surface area (Å²) in [5.74, 6) is -0.979. The molecule has 25 heavy (non-hydrogen) atoms. The van der Waals surface area contributed by atoms with Crippen molar-refractivity contribution in [3.8, 4) is 0 Å². The lowest BCUT2D eigenvalue weighted by Gasteiger charge is -2.12. The molecule has 132 valence electrons. The second kappa shape index (κ2) is 7.01. The standard InChI is InChI=1S/C17H17ClN2O4S/c18-15-4-2-1-3-12(15)9-20-10-14(5-6-16(20)21)19-17(22)13-7-8-25(23,24)11-13/h1-6,10,13H,7-9,11H2,(H,19,22). The van der Waals surface area contributed by atoms with E-state index in [1.54, 1.807) is 12.1 Å². The van der Waals surface area contributed by atoms with E-state index >= 15 is 0 Å². The van der Waals surface area contributed by atoms with Crippen LogP contribution in [0.15, 0.2) is 47.4 Å². The number of rotatable bonds is 4. The third-order valence-electron chi connectivity index (χ3n) is 4.15. The summed E-state index contributed by atoms with van der Waals surface area (Å²) < 4.78 is 24.4. The first-order valence-electron chi connectivity index (χ1n) is 7.79.